The van der Waals surface area contributed by atoms with Gasteiger partial charge in [-0.25, -0.2) is 9.78 Å². The molecular formula is C20H29ClN6O10P2. The van der Waals surface area contributed by atoms with Crippen molar-refractivity contribution in [3.63, 3.8) is 0 Å². The fourth-order valence-corrected chi connectivity index (χ4v) is 9.05. The first-order valence-electron chi connectivity index (χ1n) is 12.3. The minimum atomic E-state index is -4.73. The Bertz CT molecular complexity index is 1330. The number of nitrogens with zero attached hydrogens (tertiary/aromatic N) is 5. The van der Waals surface area contributed by atoms with Gasteiger partial charge in [0.25, 0.3) is 0 Å². The average molecular weight is 611 g/mol. The molecule has 19 heteroatoms. The van der Waals surface area contributed by atoms with E-state index in [0.717, 1.165) is 25.9 Å². The molecular weight excluding hydrogens is 582 g/mol. The third-order valence-corrected chi connectivity index (χ3v) is 11.6. The first-order valence-corrected chi connectivity index (χ1v) is 16.5. The summed E-state index contributed by atoms with van der Waals surface area (Å²) in [6.07, 6.45) is -4.00. The highest BCUT2D eigenvalue weighted by Gasteiger charge is 2.45. The number of halogens is 1. The van der Waals surface area contributed by atoms with Crippen LogP contribution in [-0.2, 0) is 18.6 Å². The van der Waals surface area contributed by atoms with Crippen molar-refractivity contribution in [3.05, 3.63) is 11.6 Å². The highest BCUT2D eigenvalue weighted by atomic mass is 35.5. The average Bonchev–Trinajstić information content (AvgIpc) is 3.38. The van der Waals surface area contributed by atoms with Crippen molar-refractivity contribution in [1.29, 1.82) is 0 Å². The maximum atomic E-state index is 12.7. The summed E-state index contributed by atoms with van der Waals surface area (Å²) >= 11 is 6.10. The molecule has 2 bridgehead atoms. The van der Waals surface area contributed by atoms with E-state index < -0.39 is 57.7 Å². The lowest BCUT2D eigenvalue weighted by molar-refractivity contribution is -0.0354. The summed E-state index contributed by atoms with van der Waals surface area (Å²) in [6.45, 7) is 2.64. The highest BCUT2D eigenvalue weighted by molar-refractivity contribution is 7.72. The summed E-state index contributed by atoms with van der Waals surface area (Å²) in [5.74, 6) is -0.932. The number of nitrogens with one attached hydrogen (secondary N) is 1. The zero-order chi connectivity index (χ0) is 28.1. The van der Waals surface area contributed by atoms with Crippen molar-refractivity contribution in [2.24, 2.45) is 5.92 Å². The Kier molecular flexibility index (Phi) is 8.08. The van der Waals surface area contributed by atoms with Crippen LogP contribution in [0.15, 0.2) is 6.33 Å². The van der Waals surface area contributed by atoms with E-state index in [4.69, 9.17) is 30.9 Å². The molecule has 4 aliphatic heterocycles. The maximum Gasteiger partial charge on any atom is 0.413 e. The first kappa shape index (κ1) is 28.8. The molecule has 39 heavy (non-hydrogen) atoms. The molecule has 4 saturated heterocycles. The largest absolute Gasteiger partial charge is 0.444 e. The second kappa shape index (κ2) is 10.9. The number of amides is 1. The van der Waals surface area contributed by atoms with Crippen LogP contribution in [0.1, 0.15) is 25.5 Å². The van der Waals surface area contributed by atoms with E-state index in [1.165, 1.54) is 10.9 Å². The number of carbonyl (C=O) groups is 1. The number of aliphatic hydroxyl groups excluding tert-OH is 2. The van der Waals surface area contributed by atoms with Crippen LogP contribution in [0, 0.1) is 5.92 Å². The Morgan fingerprint density at radius 3 is 2.54 bits per heavy atom. The first-order chi connectivity index (χ1) is 18.3. The lowest BCUT2D eigenvalue weighted by Crippen LogP contribution is -2.52. The Labute approximate surface area is 226 Å². The SMILES string of the molecule is O=C(Nc1nc(Cl)nc2c1ncn2[C@@H]1O[C@H](CCP(=O)(O)CP(=O)(O)O)[C@H](O)C1O)OC1CN2CCC1CC2. The summed E-state index contributed by atoms with van der Waals surface area (Å²) in [4.78, 5) is 55.2. The monoisotopic (exact) mass is 610 g/mol. The topological polar surface area (TPSA) is 230 Å². The van der Waals surface area contributed by atoms with Gasteiger partial charge in [0, 0.05) is 12.7 Å². The van der Waals surface area contributed by atoms with Crippen molar-refractivity contribution >= 4 is 49.6 Å². The van der Waals surface area contributed by atoms with Gasteiger partial charge < -0.3 is 34.4 Å². The zero-order valence-electron chi connectivity index (χ0n) is 20.5. The standard InChI is InChI=1S/C20H29ClN6O10P2/c21-19-23-16(24-20(30)37-12-7-26-4-1-10(12)2-5-26)13-17(25-19)27(8-22-13)18-15(29)14(28)11(36-18)3-6-38(31,32)9-39(33,34)35/h8,10-12,14-15,18,28-29H,1-7,9H2,(H,31,32)(H2,33,34,35)(H,23,24,25,30)/t11-,12?,14+,15?,18-/m1/s1. The van der Waals surface area contributed by atoms with Crippen LogP contribution in [0.3, 0.4) is 0 Å². The van der Waals surface area contributed by atoms with E-state index >= 15 is 0 Å². The normalized spacial score (nSPS) is 32.3. The van der Waals surface area contributed by atoms with Crippen molar-refractivity contribution < 1.29 is 48.3 Å². The van der Waals surface area contributed by atoms with Crippen LogP contribution in [0.5, 0.6) is 0 Å². The molecule has 6 N–H and O–H groups in total. The van der Waals surface area contributed by atoms with E-state index in [-0.39, 0.29) is 34.8 Å². The molecule has 2 aromatic rings. The summed E-state index contributed by atoms with van der Waals surface area (Å²) in [5, 5.41) is 23.4. The van der Waals surface area contributed by atoms with Crippen molar-refractivity contribution in [2.45, 2.75) is 49.9 Å². The van der Waals surface area contributed by atoms with Gasteiger partial charge in [0.1, 0.15) is 24.2 Å². The van der Waals surface area contributed by atoms with Crippen LogP contribution >= 0.6 is 26.6 Å². The quantitative estimate of drug-likeness (QED) is 0.177. The summed E-state index contributed by atoms with van der Waals surface area (Å²) in [5.41, 5.74) is 0.180. The molecule has 6 heterocycles. The molecule has 6 atom stereocenters. The predicted molar refractivity (Wildman–Crippen MR) is 136 cm³/mol. The molecule has 6 rings (SSSR count). The van der Waals surface area contributed by atoms with Crippen LogP contribution in [-0.4, -0.2) is 112 Å². The third-order valence-electron chi connectivity index (χ3n) is 7.25. The summed E-state index contributed by atoms with van der Waals surface area (Å²) in [6, 6.07) is 0. The van der Waals surface area contributed by atoms with E-state index in [1.807, 2.05) is 0 Å². The van der Waals surface area contributed by atoms with Crippen LogP contribution in [0.25, 0.3) is 11.2 Å². The van der Waals surface area contributed by atoms with Crippen molar-refractivity contribution in [1.82, 2.24) is 24.4 Å². The van der Waals surface area contributed by atoms with Gasteiger partial charge in [-0.15, -0.1) is 0 Å². The summed E-state index contributed by atoms with van der Waals surface area (Å²) in [7, 11) is -8.96. The fourth-order valence-electron chi connectivity index (χ4n) is 5.36. The number of hydrogen-bond donors (Lipinski definition) is 6. The van der Waals surface area contributed by atoms with Gasteiger partial charge in [0.2, 0.25) is 12.7 Å². The Morgan fingerprint density at radius 2 is 1.90 bits per heavy atom. The molecule has 0 spiro atoms. The molecule has 16 nitrogen and oxygen atoms in total. The molecule has 2 aromatic heterocycles. The van der Waals surface area contributed by atoms with Crippen LogP contribution < -0.4 is 5.32 Å². The van der Waals surface area contributed by atoms with Gasteiger partial charge in [0.05, 0.1) is 12.4 Å². The Balaban J connectivity index is 1.29. The molecule has 1 amide bonds. The number of piperidine rings is 3. The number of aliphatic hydroxyl groups is 2. The number of rotatable bonds is 8. The fraction of sp³-hybridized carbons (Fsp3) is 0.700. The number of anilines is 1. The molecule has 3 unspecified atom stereocenters. The number of fused-ring (bicyclic) bond motifs is 4. The van der Waals surface area contributed by atoms with Gasteiger partial charge in [-0.3, -0.25) is 23.9 Å². The minimum absolute atomic E-state index is 0.0294. The molecule has 0 aromatic carbocycles. The van der Waals surface area contributed by atoms with Crippen molar-refractivity contribution in [2.75, 3.05) is 37.0 Å². The van der Waals surface area contributed by atoms with E-state index in [2.05, 4.69) is 25.2 Å². The number of ether oxygens (including phenoxy) is 2. The predicted octanol–water partition coefficient (Wildman–Crippen LogP) is 0.537. The van der Waals surface area contributed by atoms with Crippen LogP contribution in [0.4, 0.5) is 10.6 Å². The Morgan fingerprint density at radius 1 is 1.18 bits per heavy atom. The van der Waals surface area contributed by atoms with E-state index in [0.29, 0.717) is 12.5 Å². The van der Waals surface area contributed by atoms with Gasteiger partial charge >= 0.3 is 13.7 Å². The number of hydrogen-bond acceptors (Lipinski definition) is 11. The molecule has 4 fully saturated rings. The van der Waals surface area contributed by atoms with E-state index in [9.17, 15) is 29.0 Å². The summed E-state index contributed by atoms with van der Waals surface area (Å²) < 4.78 is 35.9. The third kappa shape index (κ3) is 6.46. The number of carbonyl (C=O) groups excluding carboxylic acids is 1. The lowest BCUT2D eigenvalue weighted by atomic mass is 9.86. The molecule has 0 radical (unpaired) electrons. The molecule has 0 saturated carbocycles. The second-order valence-electron chi connectivity index (χ2n) is 10.1. The highest BCUT2D eigenvalue weighted by Crippen LogP contribution is 2.55. The molecule has 216 valence electrons. The van der Waals surface area contributed by atoms with Crippen molar-refractivity contribution in [3.8, 4) is 0 Å². The lowest BCUT2D eigenvalue weighted by Gasteiger charge is -2.43. The minimum Gasteiger partial charge on any atom is -0.444 e. The van der Waals surface area contributed by atoms with Crippen LogP contribution in [0.2, 0.25) is 5.28 Å². The number of imidazole rings is 1. The van der Waals surface area contributed by atoms with E-state index in [1.54, 1.807) is 0 Å². The van der Waals surface area contributed by atoms with Gasteiger partial charge in [-0.2, -0.15) is 9.97 Å². The van der Waals surface area contributed by atoms with Gasteiger partial charge in [-0.05, 0) is 49.9 Å². The number of aromatic nitrogens is 4. The maximum absolute atomic E-state index is 12.7. The molecule has 4 aliphatic rings. The second-order valence-corrected chi connectivity index (χ2v) is 15.0. The van der Waals surface area contributed by atoms with Gasteiger partial charge in [0.15, 0.2) is 23.2 Å². The smallest absolute Gasteiger partial charge is 0.413 e. The Hall–Kier alpha value is -1.71. The zero-order valence-corrected chi connectivity index (χ0v) is 23.0. The molecule has 0 aliphatic carbocycles. The van der Waals surface area contributed by atoms with Gasteiger partial charge in [-0.1, -0.05) is 0 Å².